The van der Waals surface area contributed by atoms with Crippen molar-refractivity contribution in [3.8, 4) is 6.07 Å². The molecule has 0 radical (unpaired) electrons. The summed E-state index contributed by atoms with van der Waals surface area (Å²) in [5, 5.41) is 8.93. The molecule has 0 aromatic carbocycles. The number of carbonyl (C=O) groups excluding carboxylic acids is 2. The third kappa shape index (κ3) is 1.01. The molecule has 4 heteroatoms. The van der Waals surface area contributed by atoms with Crippen LogP contribution < -0.4 is 0 Å². The van der Waals surface area contributed by atoms with Gasteiger partial charge in [-0.25, -0.2) is 0 Å². The van der Waals surface area contributed by atoms with Crippen molar-refractivity contribution in [2.45, 2.75) is 33.2 Å². The number of carbonyl (C=O) groups is 2. The molecule has 1 saturated carbocycles. The van der Waals surface area contributed by atoms with Crippen molar-refractivity contribution >= 4 is 11.8 Å². The molecule has 1 saturated heterocycles. The first-order chi connectivity index (χ1) is 6.75. The van der Waals surface area contributed by atoms with Gasteiger partial charge in [-0.3, -0.25) is 14.5 Å². The van der Waals surface area contributed by atoms with E-state index < -0.39 is 5.54 Å². The molecule has 80 valence electrons. The van der Waals surface area contributed by atoms with Crippen LogP contribution in [0.4, 0.5) is 0 Å². The molecule has 2 rings (SSSR count). The van der Waals surface area contributed by atoms with E-state index in [-0.39, 0.29) is 29.1 Å². The summed E-state index contributed by atoms with van der Waals surface area (Å²) in [7, 11) is 0. The van der Waals surface area contributed by atoms with Crippen LogP contribution in [-0.2, 0) is 9.59 Å². The Labute approximate surface area is 88.9 Å². The lowest BCUT2D eigenvalue weighted by atomic mass is 10.00. The lowest BCUT2D eigenvalue weighted by Crippen LogP contribution is -2.49. The van der Waals surface area contributed by atoms with Gasteiger partial charge in [-0.1, -0.05) is 13.8 Å². The molecule has 0 aromatic rings. The molecule has 2 amide bonds. The van der Waals surface area contributed by atoms with Crippen molar-refractivity contribution in [3.05, 3.63) is 0 Å². The highest BCUT2D eigenvalue weighted by Crippen LogP contribution is 2.64. The number of fused-ring (bicyclic) bond motifs is 1. The van der Waals surface area contributed by atoms with Crippen molar-refractivity contribution in [2.24, 2.45) is 17.3 Å². The quantitative estimate of drug-likeness (QED) is 0.599. The van der Waals surface area contributed by atoms with E-state index in [0.29, 0.717) is 0 Å². The number of hydrogen-bond acceptors (Lipinski definition) is 3. The van der Waals surface area contributed by atoms with E-state index in [9.17, 15) is 9.59 Å². The van der Waals surface area contributed by atoms with Crippen molar-refractivity contribution in [2.75, 3.05) is 0 Å². The maximum Gasteiger partial charge on any atom is 0.235 e. The maximum absolute atomic E-state index is 11.9. The Morgan fingerprint density at radius 2 is 1.67 bits per heavy atom. The first-order valence-electron chi connectivity index (χ1n) is 5.04. The second-order valence-electron chi connectivity index (χ2n) is 5.46. The fraction of sp³-hybridized carbons (Fsp3) is 0.727. The van der Waals surface area contributed by atoms with Crippen LogP contribution >= 0.6 is 0 Å². The van der Waals surface area contributed by atoms with Gasteiger partial charge in [0.15, 0.2) is 0 Å². The van der Waals surface area contributed by atoms with Crippen LogP contribution in [0.1, 0.15) is 27.7 Å². The maximum atomic E-state index is 11.9. The molecule has 2 unspecified atom stereocenters. The van der Waals surface area contributed by atoms with Gasteiger partial charge in [-0.15, -0.1) is 0 Å². The van der Waals surface area contributed by atoms with Crippen LogP contribution in [0, 0.1) is 28.6 Å². The third-order valence-electron chi connectivity index (χ3n) is 3.63. The van der Waals surface area contributed by atoms with E-state index >= 15 is 0 Å². The summed E-state index contributed by atoms with van der Waals surface area (Å²) in [5.74, 6) is -0.752. The largest absolute Gasteiger partial charge is 0.274 e. The number of piperidine rings is 1. The molecule has 0 bridgehead atoms. The Balaban J connectivity index is 2.34. The molecule has 1 aliphatic carbocycles. The molecule has 15 heavy (non-hydrogen) atoms. The number of amides is 2. The topological polar surface area (TPSA) is 61.2 Å². The van der Waals surface area contributed by atoms with Crippen molar-refractivity contribution < 1.29 is 9.59 Å². The Bertz CT molecular complexity index is 379. The summed E-state index contributed by atoms with van der Waals surface area (Å²) in [4.78, 5) is 25.0. The molecule has 2 fully saturated rings. The first-order valence-corrected chi connectivity index (χ1v) is 5.04. The van der Waals surface area contributed by atoms with Gasteiger partial charge < -0.3 is 0 Å². The predicted molar refractivity (Wildman–Crippen MR) is 52.3 cm³/mol. The standard InChI is InChI=1S/C11H14N2O2/c1-10(2,5-12)13-8(14)6-7(9(13)15)11(6,3)4/h6-7H,1-4H3. The summed E-state index contributed by atoms with van der Waals surface area (Å²) in [6.07, 6.45) is 0. The number of likely N-dealkylation sites (tertiary alicyclic amines) is 1. The van der Waals surface area contributed by atoms with Crippen molar-refractivity contribution in [1.29, 1.82) is 5.26 Å². The van der Waals surface area contributed by atoms with Gasteiger partial charge in [0.1, 0.15) is 5.54 Å². The Morgan fingerprint density at radius 3 is 2.00 bits per heavy atom. The van der Waals surface area contributed by atoms with Gasteiger partial charge in [0.05, 0.1) is 17.9 Å². The van der Waals surface area contributed by atoms with Gasteiger partial charge in [-0.05, 0) is 19.3 Å². The number of nitriles is 1. The van der Waals surface area contributed by atoms with Gasteiger partial charge in [0.25, 0.3) is 0 Å². The minimum atomic E-state index is -1.02. The van der Waals surface area contributed by atoms with E-state index in [4.69, 9.17) is 5.26 Å². The second kappa shape index (κ2) is 2.41. The van der Waals surface area contributed by atoms with Crippen LogP contribution in [0.3, 0.4) is 0 Å². The Kier molecular flexibility index (Phi) is 1.63. The number of hydrogen-bond donors (Lipinski definition) is 0. The average molecular weight is 206 g/mol. The fourth-order valence-corrected chi connectivity index (χ4v) is 2.55. The average Bonchev–Trinajstić information content (AvgIpc) is 2.54. The Morgan fingerprint density at radius 1 is 1.27 bits per heavy atom. The number of nitrogens with zero attached hydrogens (tertiary/aromatic N) is 2. The summed E-state index contributed by atoms with van der Waals surface area (Å²) in [6, 6.07) is 2.00. The van der Waals surface area contributed by atoms with Crippen molar-refractivity contribution in [3.63, 3.8) is 0 Å². The molecule has 0 N–H and O–H groups in total. The molecule has 4 nitrogen and oxygen atoms in total. The highest BCUT2D eigenvalue weighted by molar-refractivity contribution is 6.11. The van der Waals surface area contributed by atoms with E-state index in [0.717, 1.165) is 4.90 Å². The minimum absolute atomic E-state index is 0.179. The molecular weight excluding hydrogens is 192 g/mol. The first kappa shape index (κ1) is 10.2. The van der Waals surface area contributed by atoms with Gasteiger partial charge in [-0.2, -0.15) is 5.26 Å². The van der Waals surface area contributed by atoms with E-state index in [1.165, 1.54) is 0 Å². The summed E-state index contributed by atoms with van der Waals surface area (Å²) in [6.45, 7) is 7.05. The zero-order chi connectivity index (χ0) is 11.6. The zero-order valence-electron chi connectivity index (χ0n) is 9.37. The lowest BCUT2D eigenvalue weighted by Gasteiger charge is -2.30. The van der Waals surface area contributed by atoms with E-state index in [1.807, 2.05) is 19.9 Å². The normalized spacial score (nSPS) is 32.6. The summed E-state index contributed by atoms with van der Waals surface area (Å²) >= 11 is 0. The van der Waals surface area contributed by atoms with Crippen LogP contribution in [-0.4, -0.2) is 22.3 Å². The molecule has 0 spiro atoms. The van der Waals surface area contributed by atoms with E-state index in [2.05, 4.69) is 0 Å². The lowest BCUT2D eigenvalue weighted by molar-refractivity contribution is -0.147. The van der Waals surface area contributed by atoms with Crippen molar-refractivity contribution in [1.82, 2.24) is 4.90 Å². The Hall–Kier alpha value is -1.37. The fourth-order valence-electron chi connectivity index (χ4n) is 2.55. The van der Waals surface area contributed by atoms with Crippen LogP contribution in [0.25, 0.3) is 0 Å². The van der Waals surface area contributed by atoms with Gasteiger partial charge >= 0.3 is 0 Å². The molecule has 1 aliphatic heterocycles. The van der Waals surface area contributed by atoms with Gasteiger partial charge in [0.2, 0.25) is 11.8 Å². The van der Waals surface area contributed by atoms with E-state index in [1.54, 1.807) is 13.8 Å². The summed E-state index contributed by atoms with van der Waals surface area (Å²) < 4.78 is 0. The number of imide groups is 1. The zero-order valence-corrected chi connectivity index (χ0v) is 9.37. The molecule has 1 heterocycles. The second-order valence-corrected chi connectivity index (χ2v) is 5.46. The van der Waals surface area contributed by atoms with Crippen LogP contribution in [0.15, 0.2) is 0 Å². The molecular formula is C11H14N2O2. The van der Waals surface area contributed by atoms with Crippen LogP contribution in [0.5, 0.6) is 0 Å². The predicted octanol–water partition coefficient (Wildman–Crippen LogP) is 0.930. The van der Waals surface area contributed by atoms with Crippen LogP contribution in [0.2, 0.25) is 0 Å². The third-order valence-corrected chi connectivity index (χ3v) is 3.63. The van der Waals surface area contributed by atoms with Gasteiger partial charge in [0, 0.05) is 0 Å². The SMILES string of the molecule is CC1(C)C2C(=O)N(C(C)(C)C#N)C(=O)C21. The molecule has 2 aliphatic rings. The monoisotopic (exact) mass is 206 g/mol. The summed E-state index contributed by atoms with van der Waals surface area (Å²) in [5.41, 5.74) is -1.21. The minimum Gasteiger partial charge on any atom is -0.274 e. The smallest absolute Gasteiger partial charge is 0.235 e. The highest BCUT2D eigenvalue weighted by Gasteiger charge is 2.74. The molecule has 0 aromatic heterocycles. The highest BCUT2D eigenvalue weighted by atomic mass is 16.2. The number of rotatable bonds is 1. The molecule has 2 atom stereocenters.